The largest absolute Gasteiger partial charge is 0.495 e. The van der Waals surface area contributed by atoms with Crippen molar-refractivity contribution in [2.45, 2.75) is 36.6 Å². The molecule has 0 saturated heterocycles. The number of anilines is 1. The van der Waals surface area contributed by atoms with Gasteiger partial charge in [0, 0.05) is 11.7 Å². The third-order valence-corrected chi connectivity index (χ3v) is 6.03. The van der Waals surface area contributed by atoms with Gasteiger partial charge < -0.3 is 10.5 Å². The third kappa shape index (κ3) is 2.38. The fourth-order valence-electron chi connectivity index (χ4n) is 3.56. The molecule has 0 aromatic heterocycles. The Hall–Kier alpha value is -1.27. The molecule has 0 aliphatic heterocycles. The molecule has 0 heterocycles. The van der Waals surface area contributed by atoms with Gasteiger partial charge in [-0.1, -0.05) is 6.42 Å². The van der Waals surface area contributed by atoms with Crippen LogP contribution in [0.4, 0.5) is 5.69 Å². The highest BCUT2D eigenvalue weighted by Gasteiger charge is 2.41. The normalized spacial score (nSPS) is 28.8. The summed E-state index contributed by atoms with van der Waals surface area (Å²) in [6.45, 7) is 0. The first-order chi connectivity index (χ1) is 9.49. The molecule has 2 aliphatic rings. The summed E-state index contributed by atoms with van der Waals surface area (Å²) in [6, 6.07) is 4.74. The molecular formula is C14H20N2O3S. The predicted molar refractivity (Wildman–Crippen MR) is 77.0 cm³/mol. The summed E-state index contributed by atoms with van der Waals surface area (Å²) >= 11 is 0. The average Bonchev–Trinajstić information content (AvgIpc) is 3.00. The van der Waals surface area contributed by atoms with Crippen molar-refractivity contribution in [1.29, 1.82) is 0 Å². The maximum absolute atomic E-state index is 12.5. The van der Waals surface area contributed by atoms with Crippen LogP contribution in [0.15, 0.2) is 23.1 Å². The first-order valence-corrected chi connectivity index (χ1v) is 8.44. The Morgan fingerprint density at radius 3 is 2.70 bits per heavy atom. The summed E-state index contributed by atoms with van der Waals surface area (Å²) in [7, 11) is -2.13. The molecule has 0 radical (unpaired) electrons. The quantitative estimate of drug-likeness (QED) is 0.829. The van der Waals surface area contributed by atoms with Crippen LogP contribution in [0.3, 0.4) is 0 Å². The fraction of sp³-hybridized carbons (Fsp3) is 0.571. The highest BCUT2D eigenvalue weighted by Crippen LogP contribution is 2.45. The van der Waals surface area contributed by atoms with Crippen molar-refractivity contribution in [2.75, 3.05) is 12.8 Å². The highest BCUT2D eigenvalue weighted by atomic mass is 32.2. The van der Waals surface area contributed by atoms with E-state index in [1.165, 1.54) is 19.6 Å². The van der Waals surface area contributed by atoms with Crippen LogP contribution in [0.1, 0.15) is 25.7 Å². The maximum Gasteiger partial charge on any atom is 0.244 e. The molecule has 2 aliphatic carbocycles. The molecule has 20 heavy (non-hydrogen) atoms. The number of ether oxygens (including phenoxy) is 1. The standard InChI is InChI=1S/C14H20N2O3S/c1-19-13-5-4-11(15)8-14(13)20(17,18)16-12-7-9-2-3-10(12)6-9/h4-5,8-10,12,16H,2-3,6-7,15H2,1H3. The van der Waals surface area contributed by atoms with Gasteiger partial charge in [0.25, 0.3) is 0 Å². The van der Waals surface area contributed by atoms with Crippen LogP contribution in [0.2, 0.25) is 0 Å². The van der Waals surface area contributed by atoms with E-state index in [9.17, 15) is 8.42 Å². The number of rotatable bonds is 4. The summed E-state index contributed by atoms with van der Waals surface area (Å²) < 4.78 is 33.1. The van der Waals surface area contributed by atoms with Gasteiger partial charge in [0.2, 0.25) is 10.0 Å². The second kappa shape index (κ2) is 4.93. The van der Waals surface area contributed by atoms with E-state index in [0.717, 1.165) is 19.3 Å². The lowest BCUT2D eigenvalue weighted by Gasteiger charge is -2.23. The van der Waals surface area contributed by atoms with E-state index in [-0.39, 0.29) is 10.9 Å². The molecule has 3 unspecified atom stereocenters. The van der Waals surface area contributed by atoms with Crippen molar-refractivity contribution >= 4 is 15.7 Å². The van der Waals surface area contributed by atoms with E-state index in [1.807, 2.05) is 0 Å². The second-order valence-corrected chi connectivity index (χ2v) is 7.50. The lowest BCUT2D eigenvalue weighted by molar-refractivity contribution is 0.385. The average molecular weight is 296 g/mol. The summed E-state index contributed by atoms with van der Waals surface area (Å²) in [5.74, 6) is 1.51. The minimum Gasteiger partial charge on any atom is -0.495 e. The number of fused-ring (bicyclic) bond motifs is 2. The number of hydrogen-bond acceptors (Lipinski definition) is 4. The molecule has 1 aromatic rings. The van der Waals surface area contributed by atoms with Crippen LogP contribution in [0, 0.1) is 11.8 Å². The Kier molecular flexibility index (Phi) is 3.38. The van der Waals surface area contributed by atoms with Crippen LogP contribution in [-0.4, -0.2) is 21.6 Å². The van der Waals surface area contributed by atoms with Gasteiger partial charge in [-0.3, -0.25) is 0 Å². The van der Waals surface area contributed by atoms with Crippen molar-refractivity contribution in [2.24, 2.45) is 11.8 Å². The minimum absolute atomic E-state index is 0.0601. The number of hydrogen-bond donors (Lipinski definition) is 2. The van der Waals surface area contributed by atoms with E-state index >= 15 is 0 Å². The molecule has 2 saturated carbocycles. The molecular weight excluding hydrogens is 276 g/mol. The Labute approximate surface area is 119 Å². The number of nitrogens with two attached hydrogens (primary N) is 1. The number of sulfonamides is 1. The van der Waals surface area contributed by atoms with E-state index in [4.69, 9.17) is 10.5 Å². The predicted octanol–water partition coefficient (Wildman–Crippen LogP) is 1.74. The topological polar surface area (TPSA) is 81.4 Å². The van der Waals surface area contributed by atoms with Crippen LogP contribution in [0.5, 0.6) is 5.75 Å². The van der Waals surface area contributed by atoms with Gasteiger partial charge in [0.1, 0.15) is 10.6 Å². The highest BCUT2D eigenvalue weighted by molar-refractivity contribution is 7.89. The van der Waals surface area contributed by atoms with Gasteiger partial charge in [0.05, 0.1) is 7.11 Å². The van der Waals surface area contributed by atoms with Gasteiger partial charge in [-0.25, -0.2) is 13.1 Å². The summed E-state index contributed by atoms with van der Waals surface area (Å²) in [4.78, 5) is 0.128. The monoisotopic (exact) mass is 296 g/mol. The van der Waals surface area contributed by atoms with Crippen molar-refractivity contribution in [3.05, 3.63) is 18.2 Å². The van der Waals surface area contributed by atoms with Gasteiger partial charge in [-0.15, -0.1) is 0 Å². The van der Waals surface area contributed by atoms with Crippen LogP contribution >= 0.6 is 0 Å². The van der Waals surface area contributed by atoms with E-state index in [0.29, 0.717) is 23.3 Å². The van der Waals surface area contributed by atoms with Gasteiger partial charge in [0.15, 0.2) is 0 Å². The molecule has 0 spiro atoms. The zero-order chi connectivity index (χ0) is 14.3. The number of methoxy groups -OCH3 is 1. The fourth-order valence-corrected chi connectivity index (χ4v) is 5.08. The number of nitrogen functional groups attached to an aromatic ring is 1. The Morgan fingerprint density at radius 2 is 2.10 bits per heavy atom. The van der Waals surface area contributed by atoms with Crippen molar-refractivity contribution in [3.8, 4) is 5.75 Å². The summed E-state index contributed by atoms with van der Waals surface area (Å²) in [5, 5.41) is 0. The first kappa shape index (κ1) is 13.7. The zero-order valence-electron chi connectivity index (χ0n) is 11.5. The summed E-state index contributed by atoms with van der Waals surface area (Å²) in [6.07, 6.45) is 4.48. The Bertz CT molecular complexity index is 615. The summed E-state index contributed by atoms with van der Waals surface area (Å²) in [5.41, 5.74) is 6.12. The van der Waals surface area contributed by atoms with Crippen molar-refractivity contribution in [3.63, 3.8) is 0 Å². The molecule has 5 nitrogen and oxygen atoms in total. The SMILES string of the molecule is COc1ccc(N)cc1S(=O)(=O)NC1CC2CCC1C2. The third-order valence-electron chi connectivity index (χ3n) is 4.52. The molecule has 2 bridgehead atoms. The van der Waals surface area contributed by atoms with Crippen molar-refractivity contribution in [1.82, 2.24) is 4.72 Å². The smallest absolute Gasteiger partial charge is 0.244 e. The van der Waals surface area contributed by atoms with Crippen LogP contribution in [-0.2, 0) is 10.0 Å². The maximum atomic E-state index is 12.5. The van der Waals surface area contributed by atoms with Crippen LogP contribution in [0.25, 0.3) is 0 Å². The molecule has 6 heteroatoms. The van der Waals surface area contributed by atoms with E-state index in [2.05, 4.69) is 4.72 Å². The lowest BCUT2D eigenvalue weighted by atomic mass is 9.96. The molecule has 2 fully saturated rings. The molecule has 0 amide bonds. The minimum atomic E-state index is -3.59. The first-order valence-electron chi connectivity index (χ1n) is 6.95. The lowest BCUT2D eigenvalue weighted by Crippen LogP contribution is -2.38. The number of nitrogens with one attached hydrogen (secondary N) is 1. The molecule has 1 aromatic carbocycles. The molecule has 110 valence electrons. The second-order valence-electron chi connectivity index (χ2n) is 5.81. The van der Waals surface area contributed by atoms with E-state index in [1.54, 1.807) is 12.1 Å². The number of benzene rings is 1. The van der Waals surface area contributed by atoms with E-state index < -0.39 is 10.0 Å². The van der Waals surface area contributed by atoms with Gasteiger partial charge in [-0.2, -0.15) is 0 Å². The van der Waals surface area contributed by atoms with Gasteiger partial charge >= 0.3 is 0 Å². The van der Waals surface area contributed by atoms with Gasteiger partial charge in [-0.05, 0) is 49.3 Å². The van der Waals surface area contributed by atoms with Crippen molar-refractivity contribution < 1.29 is 13.2 Å². The van der Waals surface area contributed by atoms with Crippen LogP contribution < -0.4 is 15.2 Å². The molecule has 3 rings (SSSR count). The Balaban J connectivity index is 1.86. The molecule has 3 atom stereocenters. The zero-order valence-corrected chi connectivity index (χ0v) is 12.3. The molecule has 3 N–H and O–H groups in total. The Morgan fingerprint density at radius 1 is 1.30 bits per heavy atom.